The number of amides is 1. The van der Waals surface area contributed by atoms with Gasteiger partial charge in [-0.1, -0.05) is 5.16 Å². The maximum Gasteiger partial charge on any atom is 0.460 e. The maximum atomic E-state index is 12.7. The van der Waals surface area contributed by atoms with Crippen molar-refractivity contribution in [1.82, 2.24) is 5.32 Å². The first-order valence-corrected chi connectivity index (χ1v) is 5.45. The summed E-state index contributed by atoms with van der Waals surface area (Å²) in [7, 11) is 0. The van der Waals surface area contributed by atoms with Crippen LogP contribution in [0.25, 0.3) is 4.85 Å². The number of oxime groups is 1. The Balaban J connectivity index is 2.90. The van der Waals surface area contributed by atoms with Gasteiger partial charge in [0, 0.05) is 13.0 Å². The number of halogens is 4. The van der Waals surface area contributed by atoms with Crippen LogP contribution < -0.4 is 5.32 Å². The van der Waals surface area contributed by atoms with E-state index >= 15 is 0 Å². The van der Waals surface area contributed by atoms with Crippen molar-refractivity contribution >= 4 is 11.6 Å². The fraction of sp³-hybridized carbons (Fsp3) is 0.364. The van der Waals surface area contributed by atoms with Gasteiger partial charge in [-0.2, -0.15) is 27.7 Å². The van der Waals surface area contributed by atoms with Crippen LogP contribution in [-0.4, -0.2) is 29.4 Å². The summed E-state index contributed by atoms with van der Waals surface area (Å²) in [6, 6.07) is 0. The first kappa shape index (κ1) is 16.5. The third-order valence-electron chi connectivity index (χ3n) is 2.11. The molecule has 21 heavy (non-hydrogen) atoms. The van der Waals surface area contributed by atoms with Crippen LogP contribution in [0, 0.1) is 6.19 Å². The van der Waals surface area contributed by atoms with E-state index in [9.17, 15) is 22.4 Å². The predicted octanol–water partition coefficient (Wildman–Crippen LogP) is 2.29. The molecular formula is C11H10F4N3O3+. The third kappa shape index (κ3) is 4.79. The molecule has 0 fully saturated rings. The molecule has 0 saturated carbocycles. The zero-order valence-corrected chi connectivity index (χ0v) is 10.6. The number of carbonyl (C=O) groups excluding carboxylic acids is 1. The van der Waals surface area contributed by atoms with Gasteiger partial charge in [0.05, 0.1) is 6.42 Å². The Kier molecular flexibility index (Phi) is 5.29. The number of nitrogens with one attached hydrogen (secondary N) is 1. The molecule has 10 heteroatoms. The van der Waals surface area contributed by atoms with E-state index in [1.54, 1.807) is 0 Å². The summed E-state index contributed by atoms with van der Waals surface area (Å²) < 4.78 is 53.3. The summed E-state index contributed by atoms with van der Waals surface area (Å²) in [5, 5.41) is 13.6. The minimum absolute atomic E-state index is 0.000960. The maximum absolute atomic E-state index is 12.7. The predicted molar refractivity (Wildman–Crippen MR) is 63.1 cm³/mol. The molecule has 0 aromatic carbocycles. The zero-order chi connectivity index (χ0) is 16.0. The normalized spacial score (nSPS) is 16.8. The fourth-order valence-electron chi connectivity index (χ4n) is 1.23. The molecule has 0 aliphatic heterocycles. The standard InChI is InChI=1S/C11H9F4N3O3/c1-6(19)16-5-17-8-3-2-7(4-9(8)18-20)21-11(14,15)10(12)13/h2-3,10,20H,4H2,1H3/p+1. The lowest BCUT2D eigenvalue weighted by atomic mass is 10.1. The van der Waals surface area contributed by atoms with Crippen molar-refractivity contribution in [1.29, 1.82) is 0 Å². The second-order valence-corrected chi connectivity index (χ2v) is 3.78. The van der Waals surface area contributed by atoms with Gasteiger partial charge in [0.2, 0.25) is 0 Å². The minimum atomic E-state index is -4.65. The number of ether oxygens (including phenoxy) is 1. The molecule has 0 saturated heterocycles. The molecule has 0 radical (unpaired) electrons. The van der Waals surface area contributed by atoms with Gasteiger partial charge in [-0.05, 0) is 6.08 Å². The largest absolute Gasteiger partial charge is 0.460 e. The lowest BCUT2D eigenvalue weighted by Gasteiger charge is -2.19. The number of alkyl halides is 4. The van der Waals surface area contributed by atoms with Crippen LogP contribution in [0.5, 0.6) is 0 Å². The Hall–Kier alpha value is -2.57. The molecule has 0 heterocycles. The van der Waals surface area contributed by atoms with E-state index < -0.39 is 30.6 Å². The zero-order valence-electron chi connectivity index (χ0n) is 10.6. The van der Waals surface area contributed by atoms with Crippen molar-refractivity contribution in [2.45, 2.75) is 25.9 Å². The van der Waals surface area contributed by atoms with Crippen molar-refractivity contribution in [2.24, 2.45) is 5.16 Å². The first-order valence-electron chi connectivity index (χ1n) is 5.45. The van der Waals surface area contributed by atoms with E-state index in [2.05, 4.69) is 26.2 Å². The highest BCUT2D eigenvalue weighted by Gasteiger charge is 2.44. The number of hydrogen-bond donors (Lipinski definition) is 2. The van der Waals surface area contributed by atoms with Crippen molar-refractivity contribution < 1.29 is 32.3 Å². The summed E-state index contributed by atoms with van der Waals surface area (Å²) >= 11 is 0. The molecule has 1 rings (SSSR count). The monoisotopic (exact) mass is 308 g/mol. The summed E-state index contributed by atoms with van der Waals surface area (Å²) in [5.74, 6) is -0.972. The average molecular weight is 308 g/mol. The van der Waals surface area contributed by atoms with Crippen LogP contribution in [-0.2, 0) is 9.53 Å². The molecule has 0 spiro atoms. The Bertz CT molecular complexity index is 573. The van der Waals surface area contributed by atoms with E-state index in [4.69, 9.17) is 5.21 Å². The molecule has 0 aromatic rings. The van der Waals surface area contributed by atoms with Gasteiger partial charge in [0.25, 0.3) is 5.70 Å². The number of nitrogens with zero attached hydrogens (tertiary/aromatic N) is 2. The third-order valence-corrected chi connectivity index (χ3v) is 2.11. The quantitative estimate of drug-likeness (QED) is 0.276. The SMILES string of the molecule is CC(=O)NC#[N+]C1=CC=C(OC(F)(F)C(F)F)CC1=NO. The average Bonchev–Trinajstić information content (AvgIpc) is 2.39. The molecule has 1 aliphatic rings. The van der Waals surface area contributed by atoms with Gasteiger partial charge in [-0.3, -0.25) is 0 Å². The molecule has 114 valence electrons. The molecule has 1 amide bonds. The Morgan fingerprint density at radius 2 is 2.24 bits per heavy atom. The van der Waals surface area contributed by atoms with Crippen LogP contribution in [0.2, 0.25) is 0 Å². The van der Waals surface area contributed by atoms with Gasteiger partial charge < -0.3 is 9.94 Å². The topological polar surface area (TPSA) is 75.3 Å². The van der Waals surface area contributed by atoms with E-state index in [0.717, 1.165) is 12.2 Å². The van der Waals surface area contributed by atoms with E-state index in [1.165, 1.54) is 6.92 Å². The molecule has 0 aromatic heterocycles. The molecule has 0 atom stereocenters. The number of hydrogen-bond acceptors (Lipinski definition) is 4. The summed E-state index contributed by atoms with van der Waals surface area (Å²) in [6.07, 6.45) is -4.94. The van der Waals surface area contributed by atoms with Gasteiger partial charge in [-0.25, -0.2) is 4.79 Å². The lowest BCUT2D eigenvalue weighted by molar-refractivity contribution is -0.282. The highest BCUT2D eigenvalue weighted by Crippen LogP contribution is 2.30. The van der Waals surface area contributed by atoms with Crippen molar-refractivity contribution in [3.05, 3.63) is 28.5 Å². The van der Waals surface area contributed by atoms with Crippen molar-refractivity contribution in [2.75, 3.05) is 0 Å². The van der Waals surface area contributed by atoms with Gasteiger partial charge in [0.1, 0.15) is 5.76 Å². The summed E-state index contributed by atoms with van der Waals surface area (Å²) in [5.41, 5.74) is -0.214. The number of rotatable bonds is 3. The highest BCUT2D eigenvalue weighted by atomic mass is 19.3. The molecule has 0 bridgehead atoms. The smallest absolute Gasteiger partial charge is 0.432 e. The molecule has 2 N–H and O–H groups in total. The van der Waals surface area contributed by atoms with E-state index in [-0.39, 0.29) is 11.4 Å². The van der Waals surface area contributed by atoms with E-state index in [1.807, 2.05) is 0 Å². The van der Waals surface area contributed by atoms with Crippen LogP contribution in [0.15, 0.2) is 28.8 Å². The van der Waals surface area contributed by atoms with Crippen molar-refractivity contribution in [3.8, 4) is 6.19 Å². The van der Waals surface area contributed by atoms with Crippen LogP contribution in [0.3, 0.4) is 0 Å². The summed E-state index contributed by atoms with van der Waals surface area (Å²) in [4.78, 5) is 14.2. The lowest BCUT2D eigenvalue weighted by Crippen LogP contribution is -2.30. The molecule has 0 unspecified atom stereocenters. The Morgan fingerprint density at radius 1 is 1.57 bits per heavy atom. The number of allylic oxidation sites excluding steroid dienone is 4. The van der Waals surface area contributed by atoms with Gasteiger partial charge >= 0.3 is 24.6 Å². The van der Waals surface area contributed by atoms with Crippen LogP contribution in [0.1, 0.15) is 13.3 Å². The minimum Gasteiger partial charge on any atom is -0.432 e. The molecule has 1 aliphatic carbocycles. The second kappa shape index (κ2) is 6.74. The summed E-state index contributed by atoms with van der Waals surface area (Å²) in [6.45, 7) is 1.21. The fourth-order valence-corrected chi connectivity index (χ4v) is 1.23. The van der Waals surface area contributed by atoms with Gasteiger partial charge in [0.15, 0.2) is 5.71 Å². The Morgan fingerprint density at radius 3 is 2.76 bits per heavy atom. The molecule has 6 nitrogen and oxygen atoms in total. The van der Waals surface area contributed by atoms with Crippen LogP contribution >= 0.6 is 0 Å². The van der Waals surface area contributed by atoms with Gasteiger partial charge in [-0.15, -0.1) is 0 Å². The van der Waals surface area contributed by atoms with E-state index in [0.29, 0.717) is 0 Å². The van der Waals surface area contributed by atoms with Crippen LogP contribution in [0.4, 0.5) is 17.6 Å². The Labute approximate surface area is 116 Å². The first-order chi connectivity index (χ1) is 9.76. The van der Waals surface area contributed by atoms with Crippen molar-refractivity contribution in [3.63, 3.8) is 0 Å². The second-order valence-electron chi connectivity index (χ2n) is 3.78. The molecular weight excluding hydrogens is 298 g/mol. The number of carbonyl (C=O) groups is 1. The highest BCUT2D eigenvalue weighted by molar-refractivity contribution is 6.03.